The van der Waals surface area contributed by atoms with Gasteiger partial charge in [-0.3, -0.25) is 4.79 Å². The number of H-pyrrole nitrogens is 1. The number of imidazole rings is 1. The summed E-state index contributed by atoms with van der Waals surface area (Å²) in [5.41, 5.74) is 4.49. The molecule has 2 aromatic rings. The van der Waals surface area contributed by atoms with Crippen molar-refractivity contribution in [2.24, 2.45) is 5.92 Å². The van der Waals surface area contributed by atoms with Gasteiger partial charge in [0.1, 0.15) is 5.82 Å². The second kappa shape index (κ2) is 5.27. The number of aryl methyl sites for hydroxylation is 2. The average molecular weight is 271 g/mol. The minimum absolute atomic E-state index is 0.177. The van der Waals surface area contributed by atoms with E-state index in [1.165, 1.54) is 24.0 Å². The molecule has 0 unspecified atom stereocenters. The van der Waals surface area contributed by atoms with Crippen LogP contribution in [0.3, 0.4) is 0 Å². The predicted molar refractivity (Wildman–Crippen MR) is 79.4 cm³/mol. The molecule has 4 nitrogen and oxygen atoms in total. The number of aromatic amines is 1. The van der Waals surface area contributed by atoms with Gasteiger partial charge in [-0.15, -0.1) is 0 Å². The van der Waals surface area contributed by atoms with Crippen molar-refractivity contribution in [1.82, 2.24) is 15.3 Å². The zero-order valence-electron chi connectivity index (χ0n) is 12.1. The van der Waals surface area contributed by atoms with Crippen molar-refractivity contribution in [2.45, 2.75) is 46.1 Å². The number of carbonyl (C=O) groups is 1. The van der Waals surface area contributed by atoms with E-state index in [-0.39, 0.29) is 11.8 Å². The van der Waals surface area contributed by atoms with Crippen LogP contribution < -0.4 is 5.32 Å². The van der Waals surface area contributed by atoms with Crippen molar-refractivity contribution in [3.63, 3.8) is 0 Å². The number of aromatic nitrogens is 2. The Morgan fingerprint density at radius 3 is 2.85 bits per heavy atom. The Bertz CT molecular complexity index is 638. The summed E-state index contributed by atoms with van der Waals surface area (Å²) in [6.45, 7) is 4.66. The molecule has 20 heavy (non-hydrogen) atoms. The zero-order chi connectivity index (χ0) is 14.1. The summed E-state index contributed by atoms with van der Waals surface area (Å²) in [6, 6.07) is 4.14. The highest BCUT2D eigenvalue weighted by atomic mass is 16.1. The first-order valence-corrected chi connectivity index (χ1v) is 7.37. The second-order valence-corrected chi connectivity index (χ2v) is 5.79. The smallest absolute Gasteiger partial charge is 0.223 e. The Kier molecular flexibility index (Phi) is 3.47. The fourth-order valence-corrected chi connectivity index (χ4v) is 2.95. The normalized spacial score (nSPS) is 15.9. The molecule has 106 valence electrons. The monoisotopic (exact) mass is 271 g/mol. The van der Waals surface area contributed by atoms with Gasteiger partial charge in [-0.1, -0.05) is 18.9 Å². The Hall–Kier alpha value is -1.84. The third-order valence-corrected chi connectivity index (χ3v) is 4.38. The maximum atomic E-state index is 12.0. The highest BCUT2D eigenvalue weighted by Gasteiger charge is 2.22. The van der Waals surface area contributed by atoms with Crippen molar-refractivity contribution in [2.75, 3.05) is 0 Å². The van der Waals surface area contributed by atoms with Gasteiger partial charge >= 0.3 is 0 Å². The van der Waals surface area contributed by atoms with Crippen LogP contribution in [0.25, 0.3) is 11.0 Å². The van der Waals surface area contributed by atoms with Crippen LogP contribution in [0.4, 0.5) is 0 Å². The predicted octanol–water partition coefficient (Wildman–Crippen LogP) is 2.99. The molecule has 0 bridgehead atoms. The minimum Gasteiger partial charge on any atom is -0.349 e. The standard InChI is InChI=1S/C16H21N3O/c1-10-7-8-13-15(11(10)2)19-14(18-13)9-17-16(20)12-5-3-4-6-12/h7-8,12H,3-6,9H2,1-2H3,(H,17,20)(H,18,19). The maximum absolute atomic E-state index is 12.0. The molecule has 0 radical (unpaired) electrons. The van der Waals surface area contributed by atoms with Gasteiger partial charge in [0.15, 0.2) is 0 Å². The molecule has 1 aliphatic carbocycles. The summed E-state index contributed by atoms with van der Waals surface area (Å²) in [5.74, 6) is 1.22. The van der Waals surface area contributed by atoms with Crippen LogP contribution >= 0.6 is 0 Å². The third kappa shape index (κ3) is 2.42. The molecule has 0 saturated heterocycles. The molecular formula is C16H21N3O. The van der Waals surface area contributed by atoms with E-state index in [0.29, 0.717) is 6.54 Å². The van der Waals surface area contributed by atoms with E-state index in [9.17, 15) is 4.79 Å². The second-order valence-electron chi connectivity index (χ2n) is 5.79. The minimum atomic E-state index is 0.177. The Labute approximate surface area is 119 Å². The van der Waals surface area contributed by atoms with Crippen LogP contribution in [0, 0.1) is 19.8 Å². The van der Waals surface area contributed by atoms with Gasteiger partial charge < -0.3 is 10.3 Å². The molecule has 3 rings (SSSR count). The Morgan fingerprint density at radius 1 is 1.35 bits per heavy atom. The number of nitrogens with zero attached hydrogens (tertiary/aromatic N) is 1. The van der Waals surface area contributed by atoms with E-state index < -0.39 is 0 Å². The molecule has 1 amide bonds. The van der Waals surface area contributed by atoms with Crippen LogP contribution in [0.2, 0.25) is 0 Å². The zero-order valence-corrected chi connectivity index (χ0v) is 12.1. The summed E-state index contributed by atoms with van der Waals surface area (Å²) in [6.07, 6.45) is 4.43. The highest BCUT2D eigenvalue weighted by Crippen LogP contribution is 2.24. The summed E-state index contributed by atoms with van der Waals surface area (Å²) in [4.78, 5) is 19.9. The molecule has 1 fully saturated rings. The first-order chi connectivity index (χ1) is 9.65. The molecule has 1 aliphatic rings. The lowest BCUT2D eigenvalue weighted by Crippen LogP contribution is -2.29. The molecule has 1 saturated carbocycles. The number of rotatable bonds is 3. The van der Waals surface area contributed by atoms with E-state index in [1.54, 1.807) is 0 Å². The van der Waals surface area contributed by atoms with Crippen LogP contribution in [0.5, 0.6) is 0 Å². The highest BCUT2D eigenvalue weighted by molar-refractivity contribution is 5.80. The number of amides is 1. The summed E-state index contributed by atoms with van der Waals surface area (Å²) in [5, 5.41) is 3.00. The lowest BCUT2D eigenvalue weighted by atomic mass is 10.1. The molecule has 4 heteroatoms. The van der Waals surface area contributed by atoms with Crippen molar-refractivity contribution in [1.29, 1.82) is 0 Å². The topological polar surface area (TPSA) is 57.8 Å². The number of hydrogen-bond donors (Lipinski definition) is 2. The SMILES string of the molecule is Cc1ccc2[nH]c(CNC(=O)C3CCCC3)nc2c1C. The van der Waals surface area contributed by atoms with Crippen molar-refractivity contribution in [3.05, 3.63) is 29.1 Å². The first-order valence-electron chi connectivity index (χ1n) is 7.37. The van der Waals surface area contributed by atoms with E-state index in [4.69, 9.17) is 0 Å². The number of benzene rings is 1. The Balaban J connectivity index is 1.71. The molecule has 0 aliphatic heterocycles. The largest absolute Gasteiger partial charge is 0.349 e. The van der Waals surface area contributed by atoms with Crippen molar-refractivity contribution < 1.29 is 4.79 Å². The fourth-order valence-electron chi connectivity index (χ4n) is 2.95. The van der Waals surface area contributed by atoms with Crippen LogP contribution in [0.1, 0.15) is 42.6 Å². The van der Waals surface area contributed by atoms with Gasteiger partial charge in [0.2, 0.25) is 5.91 Å². The van der Waals surface area contributed by atoms with Gasteiger partial charge in [-0.05, 0) is 43.9 Å². The third-order valence-electron chi connectivity index (χ3n) is 4.38. The first kappa shape index (κ1) is 13.2. The molecule has 1 aromatic carbocycles. The summed E-state index contributed by atoms with van der Waals surface area (Å²) < 4.78 is 0. The van der Waals surface area contributed by atoms with Gasteiger partial charge in [0, 0.05) is 5.92 Å². The van der Waals surface area contributed by atoms with E-state index in [0.717, 1.165) is 29.7 Å². The van der Waals surface area contributed by atoms with Gasteiger partial charge in [0.05, 0.1) is 17.6 Å². The summed E-state index contributed by atoms with van der Waals surface area (Å²) >= 11 is 0. The number of fused-ring (bicyclic) bond motifs is 1. The van der Waals surface area contributed by atoms with Gasteiger partial charge in [-0.25, -0.2) is 4.98 Å². The fraction of sp³-hybridized carbons (Fsp3) is 0.500. The average Bonchev–Trinajstić information content (AvgIpc) is 3.09. The Morgan fingerprint density at radius 2 is 2.10 bits per heavy atom. The van der Waals surface area contributed by atoms with Crippen LogP contribution in [-0.4, -0.2) is 15.9 Å². The van der Waals surface area contributed by atoms with Crippen LogP contribution in [0.15, 0.2) is 12.1 Å². The van der Waals surface area contributed by atoms with E-state index in [1.807, 2.05) is 6.07 Å². The molecular weight excluding hydrogens is 250 g/mol. The number of hydrogen-bond acceptors (Lipinski definition) is 2. The van der Waals surface area contributed by atoms with E-state index >= 15 is 0 Å². The maximum Gasteiger partial charge on any atom is 0.223 e. The quantitative estimate of drug-likeness (QED) is 0.901. The molecule has 1 aromatic heterocycles. The van der Waals surface area contributed by atoms with E-state index in [2.05, 4.69) is 35.2 Å². The number of nitrogens with one attached hydrogen (secondary N) is 2. The molecule has 1 heterocycles. The van der Waals surface area contributed by atoms with Gasteiger partial charge in [0.25, 0.3) is 0 Å². The van der Waals surface area contributed by atoms with Crippen LogP contribution in [-0.2, 0) is 11.3 Å². The molecule has 0 spiro atoms. The van der Waals surface area contributed by atoms with Crippen molar-refractivity contribution >= 4 is 16.9 Å². The molecule has 0 atom stereocenters. The lowest BCUT2D eigenvalue weighted by Gasteiger charge is -2.08. The van der Waals surface area contributed by atoms with Crippen molar-refractivity contribution in [3.8, 4) is 0 Å². The lowest BCUT2D eigenvalue weighted by molar-refractivity contribution is -0.125. The number of carbonyl (C=O) groups excluding carboxylic acids is 1. The van der Waals surface area contributed by atoms with Gasteiger partial charge in [-0.2, -0.15) is 0 Å². The molecule has 2 N–H and O–H groups in total. The summed E-state index contributed by atoms with van der Waals surface area (Å²) in [7, 11) is 0.